The number of hydrogen-bond donors (Lipinski definition) is 0. The van der Waals surface area contributed by atoms with Crippen molar-refractivity contribution >= 4 is 81.2 Å². The second kappa shape index (κ2) is 12.8. The average Bonchev–Trinajstić information content (AvgIpc) is 3.85. The van der Waals surface area contributed by atoms with E-state index in [9.17, 15) is 0 Å². The third-order valence-electron chi connectivity index (χ3n) is 10.7. The summed E-state index contributed by atoms with van der Waals surface area (Å²) < 4.78 is 9.26. The van der Waals surface area contributed by atoms with E-state index in [1.165, 1.54) is 53.0 Å². The molecule has 0 radical (unpaired) electrons. The van der Waals surface area contributed by atoms with Crippen molar-refractivity contribution in [3.05, 3.63) is 194 Å². The minimum atomic E-state index is 0.608. The summed E-state index contributed by atoms with van der Waals surface area (Å²) in [5.74, 6) is 0.608. The van der Waals surface area contributed by atoms with Gasteiger partial charge in [0.2, 0.25) is 5.89 Å². The number of nitrogens with zero attached hydrogens (tertiary/aromatic N) is 2. The highest BCUT2D eigenvalue weighted by Gasteiger charge is 2.26. The van der Waals surface area contributed by atoms with Crippen molar-refractivity contribution in [1.82, 2.24) is 4.98 Å². The quantitative estimate of drug-likeness (QED) is 0.171. The molecule has 0 aliphatic rings. The van der Waals surface area contributed by atoms with E-state index < -0.39 is 0 Å². The Morgan fingerprint density at radius 2 is 1.07 bits per heavy atom. The highest BCUT2D eigenvalue weighted by molar-refractivity contribution is 7.26. The molecule has 4 heteroatoms. The van der Waals surface area contributed by atoms with E-state index in [4.69, 9.17) is 9.40 Å². The Hall–Kier alpha value is -7.01. The largest absolute Gasteiger partial charge is 0.434 e. The Morgan fingerprint density at radius 1 is 0.436 bits per heavy atom. The molecule has 11 aromatic rings. The highest BCUT2D eigenvalue weighted by atomic mass is 32.1. The van der Waals surface area contributed by atoms with E-state index in [1.54, 1.807) is 11.3 Å². The van der Waals surface area contributed by atoms with Crippen LogP contribution in [0.2, 0.25) is 0 Å². The van der Waals surface area contributed by atoms with Gasteiger partial charge in [-0.3, -0.25) is 0 Å². The Balaban J connectivity index is 1.14. The zero-order valence-corrected chi connectivity index (χ0v) is 30.5. The minimum absolute atomic E-state index is 0.608. The molecule has 2 aromatic heterocycles. The molecule has 258 valence electrons. The topological polar surface area (TPSA) is 29.3 Å². The van der Waals surface area contributed by atoms with Gasteiger partial charge >= 0.3 is 0 Å². The smallest absolute Gasteiger partial charge is 0.227 e. The summed E-state index contributed by atoms with van der Waals surface area (Å²) in [6.07, 6.45) is 0. The van der Waals surface area contributed by atoms with Crippen LogP contribution in [0.5, 0.6) is 0 Å². The van der Waals surface area contributed by atoms with Crippen molar-refractivity contribution in [2.75, 3.05) is 4.90 Å². The van der Waals surface area contributed by atoms with Crippen LogP contribution in [0.1, 0.15) is 0 Å². The van der Waals surface area contributed by atoms with E-state index in [1.807, 2.05) is 18.2 Å². The number of oxazole rings is 1. The van der Waals surface area contributed by atoms with Crippen LogP contribution in [0.25, 0.3) is 86.5 Å². The lowest BCUT2D eigenvalue weighted by Gasteiger charge is -2.27. The summed E-state index contributed by atoms with van der Waals surface area (Å²) in [6.45, 7) is 0. The molecule has 3 nitrogen and oxygen atoms in total. The van der Waals surface area contributed by atoms with Gasteiger partial charge in [-0.05, 0) is 98.4 Å². The maximum atomic E-state index is 6.86. The third kappa shape index (κ3) is 5.38. The minimum Gasteiger partial charge on any atom is -0.434 e. The van der Waals surface area contributed by atoms with E-state index in [0.29, 0.717) is 5.89 Å². The van der Waals surface area contributed by atoms with Crippen LogP contribution in [0.3, 0.4) is 0 Å². The molecule has 9 aromatic carbocycles. The number of thiophene rings is 1. The zero-order valence-electron chi connectivity index (χ0n) is 29.7. The van der Waals surface area contributed by atoms with E-state index in [0.717, 1.165) is 44.7 Å². The second-order valence-corrected chi connectivity index (χ2v) is 15.0. The number of fused-ring (bicyclic) bond motifs is 6. The summed E-state index contributed by atoms with van der Waals surface area (Å²) in [5, 5.41) is 7.29. The van der Waals surface area contributed by atoms with Gasteiger partial charge in [0.15, 0.2) is 5.58 Å². The molecule has 0 aliphatic carbocycles. The van der Waals surface area contributed by atoms with E-state index in [-0.39, 0.29) is 0 Å². The summed E-state index contributed by atoms with van der Waals surface area (Å²) >= 11 is 1.80. The molecule has 0 amide bonds. The maximum Gasteiger partial charge on any atom is 0.227 e. The van der Waals surface area contributed by atoms with Gasteiger partial charge < -0.3 is 9.32 Å². The third-order valence-corrected chi connectivity index (χ3v) is 11.8. The first-order chi connectivity index (χ1) is 27.2. The Kier molecular flexibility index (Phi) is 7.35. The molecule has 0 fully saturated rings. The summed E-state index contributed by atoms with van der Waals surface area (Å²) in [6, 6.07) is 69.3. The van der Waals surface area contributed by atoms with Crippen molar-refractivity contribution < 1.29 is 4.42 Å². The van der Waals surface area contributed by atoms with E-state index >= 15 is 0 Å². The number of hydrogen-bond acceptors (Lipinski definition) is 4. The lowest BCUT2D eigenvalue weighted by molar-refractivity contribution is 0.620. The van der Waals surface area contributed by atoms with Crippen LogP contribution >= 0.6 is 11.3 Å². The Labute approximate surface area is 322 Å². The molecule has 55 heavy (non-hydrogen) atoms. The second-order valence-electron chi connectivity index (χ2n) is 13.9. The molecule has 0 aliphatic heterocycles. The van der Waals surface area contributed by atoms with Gasteiger partial charge in [-0.1, -0.05) is 140 Å². The standard InChI is InChI=1S/C51H32N2OS/c1-2-13-37(14-3-1)51-52-45-32-47-48(44-18-8-9-20-46(44)55-47)49(50(45)54-51)53(40-27-23-34(24-28-40)39-22-21-33-11-4-5-15-38(33)31-39)41-29-25-36(26-30-41)43-19-10-16-35-12-6-7-17-42(35)43/h1-32H. The van der Waals surface area contributed by atoms with Crippen LogP contribution in [-0.2, 0) is 0 Å². The van der Waals surface area contributed by atoms with Gasteiger partial charge in [0, 0.05) is 37.1 Å². The lowest BCUT2D eigenvalue weighted by Crippen LogP contribution is -2.10. The van der Waals surface area contributed by atoms with Crippen molar-refractivity contribution in [2.24, 2.45) is 0 Å². The van der Waals surface area contributed by atoms with Crippen molar-refractivity contribution in [1.29, 1.82) is 0 Å². The fourth-order valence-electron chi connectivity index (χ4n) is 8.01. The molecule has 0 bridgehead atoms. The molecular formula is C51H32N2OS. The number of benzene rings is 9. The first-order valence-corrected chi connectivity index (χ1v) is 19.3. The fourth-order valence-corrected chi connectivity index (χ4v) is 9.15. The summed E-state index contributed by atoms with van der Waals surface area (Å²) in [5.41, 5.74) is 10.3. The van der Waals surface area contributed by atoms with Gasteiger partial charge in [0.05, 0.1) is 0 Å². The van der Waals surface area contributed by atoms with Gasteiger partial charge in [0.25, 0.3) is 0 Å². The Morgan fingerprint density at radius 3 is 1.87 bits per heavy atom. The SMILES string of the molecule is c1ccc(-c2nc3cc4sc5ccccc5c4c(N(c4ccc(-c5ccc6ccccc6c5)cc4)c4ccc(-c5cccc6ccccc56)cc4)c3o2)cc1. The monoisotopic (exact) mass is 720 g/mol. The molecule has 0 spiro atoms. The molecule has 0 unspecified atom stereocenters. The predicted molar refractivity (Wildman–Crippen MR) is 233 cm³/mol. The molecule has 11 rings (SSSR count). The highest BCUT2D eigenvalue weighted by Crippen LogP contribution is 2.50. The van der Waals surface area contributed by atoms with E-state index in [2.05, 4.69) is 181 Å². The van der Waals surface area contributed by atoms with Gasteiger partial charge in [-0.15, -0.1) is 11.3 Å². The van der Waals surface area contributed by atoms with Crippen molar-refractivity contribution in [3.63, 3.8) is 0 Å². The zero-order chi connectivity index (χ0) is 36.3. The Bertz CT molecular complexity index is 3190. The first kappa shape index (κ1) is 31.5. The number of anilines is 3. The van der Waals surface area contributed by atoms with Crippen LogP contribution in [0.15, 0.2) is 199 Å². The maximum absolute atomic E-state index is 6.86. The molecular weight excluding hydrogens is 689 g/mol. The average molecular weight is 721 g/mol. The predicted octanol–water partition coefficient (Wildman–Crippen LogP) is 15.0. The van der Waals surface area contributed by atoms with Crippen LogP contribution in [-0.4, -0.2) is 4.98 Å². The number of rotatable bonds is 6. The van der Waals surface area contributed by atoms with Crippen molar-refractivity contribution in [3.8, 4) is 33.7 Å². The fraction of sp³-hybridized carbons (Fsp3) is 0. The number of aromatic nitrogens is 1. The molecule has 0 saturated heterocycles. The normalized spacial score (nSPS) is 11.6. The van der Waals surface area contributed by atoms with Gasteiger partial charge in [-0.25, -0.2) is 4.98 Å². The first-order valence-electron chi connectivity index (χ1n) is 18.5. The summed E-state index contributed by atoms with van der Waals surface area (Å²) in [4.78, 5) is 7.47. The molecule has 0 N–H and O–H groups in total. The van der Waals surface area contributed by atoms with Crippen molar-refractivity contribution in [2.45, 2.75) is 0 Å². The van der Waals surface area contributed by atoms with Gasteiger partial charge in [0.1, 0.15) is 11.2 Å². The van der Waals surface area contributed by atoms with Crippen LogP contribution in [0.4, 0.5) is 17.1 Å². The molecule has 0 atom stereocenters. The molecule has 0 saturated carbocycles. The molecule has 2 heterocycles. The lowest BCUT2D eigenvalue weighted by atomic mass is 9.98. The van der Waals surface area contributed by atoms with Gasteiger partial charge in [-0.2, -0.15) is 0 Å². The van der Waals surface area contributed by atoms with Crippen LogP contribution < -0.4 is 4.90 Å². The summed E-state index contributed by atoms with van der Waals surface area (Å²) in [7, 11) is 0. The van der Waals surface area contributed by atoms with Crippen LogP contribution in [0, 0.1) is 0 Å².